The molecule has 3 rings (SSSR count). The topological polar surface area (TPSA) is 92.9 Å². The smallest absolute Gasteiger partial charge is 0.253 e. The minimum Gasteiger partial charge on any atom is -0.392 e. The maximum Gasteiger partial charge on any atom is 0.253 e. The third-order valence-corrected chi connectivity index (χ3v) is 5.68. The van der Waals surface area contributed by atoms with Gasteiger partial charge in [0.15, 0.2) is 5.78 Å². The van der Waals surface area contributed by atoms with Gasteiger partial charge in [0, 0.05) is 42.6 Å². The number of likely N-dealkylation sites (tertiary alicyclic amines) is 1. The zero-order valence-electron chi connectivity index (χ0n) is 15.0. The first-order valence-electron chi connectivity index (χ1n) is 8.88. The number of ether oxygens (including phenoxy) is 1. The number of aliphatic hydroxyl groups excluding tert-OH is 1. The summed E-state index contributed by atoms with van der Waals surface area (Å²) in [5.74, 6) is -0.115. The van der Waals surface area contributed by atoms with E-state index in [0.717, 1.165) is 12.8 Å². The monoisotopic (exact) mass is 382 g/mol. The van der Waals surface area contributed by atoms with Gasteiger partial charge in [0.05, 0.1) is 18.8 Å². The second-order valence-electron chi connectivity index (χ2n) is 7.06. The Balaban J connectivity index is 0.00000243. The molecule has 1 spiro atoms. The van der Waals surface area contributed by atoms with Crippen LogP contribution in [0.15, 0.2) is 24.3 Å². The van der Waals surface area contributed by atoms with E-state index in [2.05, 4.69) is 0 Å². The Morgan fingerprint density at radius 1 is 1.31 bits per heavy atom. The number of carbonyl (C=O) groups is 2. The van der Waals surface area contributed by atoms with Crippen molar-refractivity contribution in [2.75, 3.05) is 26.2 Å². The first kappa shape index (κ1) is 20.8. The zero-order valence-corrected chi connectivity index (χ0v) is 15.8. The molecule has 1 aromatic rings. The summed E-state index contributed by atoms with van der Waals surface area (Å²) >= 11 is 0. The number of hydrogen-bond acceptors (Lipinski definition) is 5. The fourth-order valence-corrected chi connectivity index (χ4v) is 4.01. The standard InChI is InChI=1S/C19H26N2O4.ClH/c1-13(22)14-3-2-4-15(11-14)18(24)21-8-5-19(6-9-21)16(23)12-17(19)25-10-7-20;/h2-4,11,16-17,23H,5-10,12,20H2,1H3;1H/t16-,17+;/m1./s1. The fourth-order valence-electron chi connectivity index (χ4n) is 4.01. The van der Waals surface area contributed by atoms with Crippen molar-refractivity contribution in [3.63, 3.8) is 0 Å². The molecule has 0 bridgehead atoms. The van der Waals surface area contributed by atoms with Gasteiger partial charge in [0.2, 0.25) is 0 Å². The average molecular weight is 383 g/mol. The molecule has 0 aromatic heterocycles. The van der Waals surface area contributed by atoms with E-state index < -0.39 is 0 Å². The van der Waals surface area contributed by atoms with Gasteiger partial charge in [-0.15, -0.1) is 12.4 Å². The Morgan fingerprint density at radius 2 is 1.96 bits per heavy atom. The molecule has 2 fully saturated rings. The lowest BCUT2D eigenvalue weighted by atomic mass is 9.58. The van der Waals surface area contributed by atoms with Crippen LogP contribution < -0.4 is 5.73 Å². The lowest BCUT2D eigenvalue weighted by Gasteiger charge is -2.56. The number of halogens is 1. The van der Waals surface area contributed by atoms with Crippen molar-refractivity contribution in [3.8, 4) is 0 Å². The highest BCUT2D eigenvalue weighted by Crippen LogP contribution is 2.51. The Kier molecular flexibility index (Phi) is 6.80. The van der Waals surface area contributed by atoms with Gasteiger partial charge in [-0.2, -0.15) is 0 Å². The van der Waals surface area contributed by atoms with Crippen molar-refractivity contribution in [3.05, 3.63) is 35.4 Å². The molecule has 1 aromatic carbocycles. The molecule has 26 heavy (non-hydrogen) atoms. The number of ketones is 1. The molecule has 1 aliphatic heterocycles. The number of aliphatic hydroxyl groups is 1. The van der Waals surface area contributed by atoms with Crippen LogP contribution >= 0.6 is 12.4 Å². The first-order valence-corrected chi connectivity index (χ1v) is 8.88. The van der Waals surface area contributed by atoms with Crippen LogP contribution in [0.25, 0.3) is 0 Å². The van der Waals surface area contributed by atoms with Gasteiger partial charge in [-0.3, -0.25) is 9.59 Å². The molecular formula is C19H27ClN2O4. The Labute approximate surface area is 160 Å². The number of rotatable bonds is 5. The van der Waals surface area contributed by atoms with Crippen molar-refractivity contribution in [2.45, 2.75) is 38.4 Å². The van der Waals surface area contributed by atoms with Crippen LogP contribution in [0.4, 0.5) is 0 Å². The van der Waals surface area contributed by atoms with Crippen LogP contribution in [-0.2, 0) is 4.74 Å². The summed E-state index contributed by atoms with van der Waals surface area (Å²) in [6.07, 6.45) is 1.76. The third kappa shape index (κ3) is 3.78. The van der Waals surface area contributed by atoms with E-state index in [1.807, 2.05) is 0 Å². The van der Waals surface area contributed by atoms with E-state index in [9.17, 15) is 14.7 Å². The van der Waals surface area contributed by atoms with Crippen molar-refractivity contribution in [1.29, 1.82) is 0 Å². The van der Waals surface area contributed by atoms with E-state index in [0.29, 0.717) is 43.8 Å². The molecule has 0 radical (unpaired) electrons. The average Bonchev–Trinajstić information content (AvgIpc) is 2.64. The molecule has 3 N–H and O–H groups in total. The Hall–Kier alpha value is -1.47. The predicted molar refractivity (Wildman–Crippen MR) is 101 cm³/mol. The second-order valence-corrected chi connectivity index (χ2v) is 7.06. The van der Waals surface area contributed by atoms with E-state index in [1.165, 1.54) is 6.92 Å². The van der Waals surface area contributed by atoms with Crippen LogP contribution in [0.3, 0.4) is 0 Å². The quantitative estimate of drug-likeness (QED) is 0.755. The van der Waals surface area contributed by atoms with Gasteiger partial charge in [0.1, 0.15) is 0 Å². The highest BCUT2D eigenvalue weighted by Gasteiger charge is 2.56. The molecule has 0 unspecified atom stereocenters. The molecule has 2 atom stereocenters. The fraction of sp³-hybridized carbons (Fsp3) is 0.579. The number of benzene rings is 1. The first-order chi connectivity index (χ1) is 12.0. The molecule has 2 aliphatic rings. The summed E-state index contributed by atoms with van der Waals surface area (Å²) in [6, 6.07) is 6.85. The number of nitrogens with zero attached hydrogens (tertiary/aromatic N) is 1. The molecule has 7 heteroatoms. The molecule has 1 aliphatic carbocycles. The van der Waals surface area contributed by atoms with Crippen molar-refractivity contribution >= 4 is 24.1 Å². The number of piperidine rings is 1. The van der Waals surface area contributed by atoms with E-state index in [1.54, 1.807) is 29.2 Å². The summed E-state index contributed by atoms with van der Waals surface area (Å²) < 4.78 is 5.79. The largest absolute Gasteiger partial charge is 0.392 e. The van der Waals surface area contributed by atoms with Crippen LogP contribution in [0.5, 0.6) is 0 Å². The molecule has 144 valence electrons. The van der Waals surface area contributed by atoms with Crippen LogP contribution in [0.2, 0.25) is 0 Å². The second kappa shape index (κ2) is 8.48. The molecule has 1 amide bonds. The lowest BCUT2D eigenvalue weighted by Crippen LogP contribution is -2.62. The van der Waals surface area contributed by atoms with Crippen molar-refractivity contribution in [2.24, 2.45) is 11.1 Å². The molecular weight excluding hydrogens is 356 g/mol. The highest BCUT2D eigenvalue weighted by atomic mass is 35.5. The molecule has 1 heterocycles. The number of Topliss-reactive ketones (excluding diaryl/α,β-unsaturated/α-hetero) is 1. The van der Waals surface area contributed by atoms with E-state index >= 15 is 0 Å². The Morgan fingerprint density at radius 3 is 2.54 bits per heavy atom. The summed E-state index contributed by atoms with van der Waals surface area (Å²) in [4.78, 5) is 26.0. The summed E-state index contributed by atoms with van der Waals surface area (Å²) in [7, 11) is 0. The Bertz CT molecular complexity index is 659. The normalized spacial score (nSPS) is 23.9. The molecule has 1 saturated heterocycles. The lowest BCUT2D eigenvalue weighted by molar-refractivity contribution is -0.207. The number of amides is 1. The maximum absolute atomic E-state index is 12.7. The van der Waals surface area contributed by atoms with Gasteiger partial charge in [-0.1, -0.05) is 12.1 Å². The highest BCUT2D eigenvalue weighted by molar-refractivity contribution is 5.99. The van der Waals surface area contributed by atoms with Crippen molar-refractivity contribution in [1.82, 2.24) is 4.90 Å². The van der Waals surface area contributed by atoms with Gasteiger partial charge in [-0.05, 0) is 31.9 Å². The van der Waals surface area contributed by atoms with E-state index in [4.69, 9.17) is 10.5 Å². The predicted octanol–water partition coefficient (Wildman–Crippen LogP) is 1.64. The third-order valence-electron chi connectivity index (χ3n) is 5.68. The number of nitrogens with two attached hydrogens (primary N) is 1. The molecule has 1 saturated carbocycles. The van der Waals surface area contributed by atoms with Crippen LogP contribution in [-0.4, -0.2) is 60.1 Å². The van der Waals surface area contributed by atoms with Crippen LogP contribution in [0.1, 0.15) is 46.9 Å². The van der Waals surface area contributed by atoms with Gasteiger partial charge in [0.25, 0.3) is 5.91 Å². The minimum atomic E-state index is -0.367. The summed E-state index contributed by atoms with van der Waals surface area (Å²) in [5.41, 5.74) is 6.34. The van der Waals surface area contributed by atoms with Crippen LogP contribution in [0, 0.1) is 5.41 Å². The van der Waals surface area contributed by atoms with E-state index in [-0.39, 0.29) is 41.7 Å². The van der Waals surface area contributed by atoms with Crippen molar-refractivity contribution < 1.29 is 19.4 Å². The molecule has 6 nitrogen and oxygen atoms in total. The number of carbonyl (C=O) groups excluding carboxylic acids is 2. The zero-order chi connectivity index (χ0) is 18.0. The SMILES string of the molecule is CC(=O)c1cccc(C(=O)N2CCC3(CC2)[C@H](O)C[C@@H]3OCCN)c1.Cl. The summed E-state index contributed by atoms with van der Waals surface area (Å²) in [6.45, 7) is 3.64. The van der Waals surface area contributed by atoms with Gasteiger partial charge >= 0.3 is 0 Å². The van der Waals surface area contributed by atoms with Gasteiger partial charge in [-0.25, -0.2) is 0 Å². The summed E-state index contributed by atoms with van der Waals surface area (Å²) in [5, 5.41) is 10.3. The van der Waals surface area contributed by atoms with Gasteiger partial charge < -0.3 is 20.5 Å². The number of hydrogen-bond donors (Lipinski definition) is 2. The minimum absolute atomic E-state index is 0. The maximum atomic E-state index is 12.7.